The first-order valence-electron chi connectivity index (χ1n) is 48.1. The Balaban J connectivity index is -0.00000177. The van der Waals surface area contributed by atoms with E-state index in [2.05, 4.69) is 83.9 Å². The number of halogens is 6. The Morgan fingerprint density at radius 1 is 0.327 bits per heavy atom. The fraction of sp³-hybridized carbons (Fsp3) is 0.612. The number of carboxylic acids is 1. The minimum Gasteiger partial charge on any atom is -1.00 e. The van der Waals surface area contributed by atoms with Crippen molar-refractivity contribution in [3.05, 3.63) is 215 Å². The van der Waals surface area contributed by atoms with E-state index in [4.69, 9.17) is 110 Å². The number of nitrogens with two attached hydrogens (primary N) is 1. The van der Waals surface area contributed by atoms with E-state index < -0.39 is 74.4 Å². The molecule has 5 N–H and O–H groups in total. The summed E-state index contributed by atoms with van der Waals surface area (Å²) in [6.45, 7) is 27.9. The van der Waals surface area contributed by atoms with Gasteiger partial charge in [-0.15, -0.1) is 0 Å². The molecule has 0 aliphatic heterocycles. The molecule has 0 spiro atoms. The fourth-order valence-corrected chi connectivity index (χ4v) is 12.2. The fourth-order valence-electron chi connectivity index (χ4n) is 11.9. The van der Waals surface area contributed by atoms with Gasteiger partial charge in [-0.25, -0.2) is 26.6 Å². The minimum absolute atomic E-state index is 0. The van der Waals surface area contributed by atoms with Crippen molar-refractivity contribution in [3.8, 4) is 0 Å². The van der Waals surface area contributed by atoms with E-state index in [-0.39, 0.29) is 150 Å². The number of ketones is 3. The maximum atomic E-state index is 15.1. The number of carbonyl (C=O) groups is 4. The third-order valence-corrected chi connectivity index (χ3v) is 19.6. The molecule has 4 radical (unpaired) electrons. The van der Waals surface area contributed by atoms with E-state index in [0.717, 1.165) is 46.7 Å². The number of nitrogens with zero attached hydrogens (tertiary/aromatic N) is 3. The van der Waals surface area contributed by atoms with Crippen LogP contribution < -0.4 is 57.1 Å². The number of carbonyl (C=O) groups excluding carboxylic acids is 3. The largest absolute Gasteiger partial charge is 1.00 e. The van der Waals surface area contributed by atoms with Crippen molar-refractivity contribution in [1.29, 1.82) is 0 Å². The summed E-state index contributed by atoms with van der Waals surface area (Å²) < 4.78 is 192. The average Bonchev–Trinajstić information content (AvgIpc) is 0.887. The number of rotatable bonds is 83. The van der Waals surface area contributed by atoms with Gasteiger partial charge in [0.25, 0.3) is 10.1 Å². The molecule has 0 heterocycles. The first kappa shape index (κ1) is 146. The molecule has 8 atom stereocenters. The average molecular weight is 2200 g/mol. The molecule has 34 nitrogen and oxygen atoms in total. The molecule has 0 bridgehead atoms. The third-order valence-electron chi connectivity index (χ3n) is 19.0. The van der Waals surface area contributed by atoms with Crippen molar-refractivity contribution in [1.82, 2.24) is 14.7 Å². The molecule has 147 heavy (non-hydrogen) atoms. The molecule has 0 aliphatic rings. The van der Waals surface area contributed by atoms with Gasteiger partial charge in [0.05, 0.1) is 242 Å². The summed E-state index contributed by atoms with van der Waals surface area (Å²) in [6.07, 6.45) is -6.20. The van der Waals surface area contributed by atoms with E-state index in [1.165, 1.54) is 27.7 Å². The maximum absolute atomic E-state index is 15.1. The van der Waals surface area contributed by atoms with Crippen LogP contribution in [0.4, 0.5) is 17.6 Å². The van der Waals surface area contributed by atoms with Crippen LogP contribution in [0.3, 0.4) is 0 Å². The first-order valence-corrected chi connectivity index (χ1v) is 52.7. The van der Waals surface area contributed by atoms with Crippen molar-refractivity contribution in [2.75, 3.05) is 277 Å². The number of Topliss-reactive ketones (excluding diaryl/α,β-unsaturated/α-hetero) is 3. The summed E-state index contributed by atoms with van der Waals surface area (Å²) in [5.74, 6) is -1.02. The number of benzene rings is 6. The standard InChI is InChI=1S/C29H42FNO6.C28H40FNO7.C18H22FNO.C15H30FNO6.C12H24O8S.CH4O.B.Cl2OS.K/c1-25(32)24-36-18-17-34-14-13-33-15-16-35-19-20-37-26(2)29(30)23-31(21-27-9-5-3-6-10-27)22-28-11-7-4-8-12-28;1-24(37-19-18-35-15-14-33-12-13-34-16-17-36-23-28(31)32)27(29)22-30(20-25-8-4-2-5-9-25)21-26-10-6-3-7-11-26;1-15(21)18(19)14-20(12-16-8-4-2-5-9-16)13-17-10-6-3-7-11-17;1-13(18)12-22-8-7-20-4-3-19-5-6-21-9-10-23-14(2)15(16)11-17;1-12(13)11-19-8-7-17-4-3-16-5-6-18-9-10-20-21(2,14)15;1-2;;1-4(2)3;/h3-12,26,29H,13-24H2,1-2H3;2-11,24,27H,12-23H2,1H3,(H,31,32);2-11,15,18,21H,12-14H2,1H3;14-15H,3-12,17H2,1-2H3;3-11H2,1-2H3;2H,1H3;;;/q;;;;;;-1;;+1. The zero-order chi connectivity index (χ0) is 107. The third kappa shape index (κ3) is 98.7. The van der Waals surface area contributed by atoms with Gasteiger partial charge in [0.1, 0.15) is 51.1 Å². The summed E-state index contributed by atoms with van der Waals surface area (Å²) in [5.41, 5.74) is 12.1. The van der Waals surface area contributed by atoms with E-state index >= 15 is 8.78 Å². The van der Waals surface area contributed by atoms with Crippen LogP contribution in [0.5, 0.6) is 0 Å². The number of aliphatic hydroxyl groups excluding tert-OH is 2. The molecule has 0 fully saturated rings. The van der Waals surface area contributed by atoms with Gasteiger partial charge in [-0.2, -0.15) is 8.42 Å². The molecule has 0 saturated heterocycles. The number of ether oxygens (including phenoxy) is 19. The number of aliphatic hydroxyl groups is 2. The van der Waals surface area contributed by atoms with Gasteiger partial charge in [-0.1, -0.05) is 182 Å². The molecule has 6 rings (SSSR count). The number of aliphatic carboxylic acids is 1. The Morgan fingerprint density at radius 2 is 0.497 bits per heavy atom. The van der Waals surface area contributed by atoms with Crippen LogP contribution in [0.1, 0.15) is 81.8 Å². The van der Waals surface area contributed by atoms with Crippen molar-refractivity contribution in [2.24, 2.45) is 5.73 Å². The predicted molar refractivity (Wildman–Crippen MR) is 555 cm³/mol. The molecule has 832 valence electrons. The zero-order valence-electron chi connectivity index (χ0n) is 87.4. The molecule has 8 unspecified atom stereocenters. The molecular formula is C103H162BCl2F4KN4O30S2. The Bertz CT molecular complexity index is 3820. The summed E-state index contributed by atoms with van der Waals surface area (Å²) in [6, 6.07) is 60.4. The molecule has 0 aromatic heterocycles. The Morgan fingerprint density at radius 3 is 0.673 bits per heavy atom. The Kier molecular flexibility index (Phi) is 103. The summed E-state index contributed by atoms with van der Waals surface area (Å²) in [4.78, 5) is 48.4. The second kappa shape index (κ2) is 104. The Labute approximate surface area is 925 Å². The van der Waals surface area contributed by atoms with Gasteiger partial charge in [-0.05, 0) is 81.8 Å². The number of carboxylic acid groups (broad SMARTS) is 1. The topological polar surface area (TPSA) is 401 Å². The van der Waals surface area contributed by atoms with Crippen LogP contribution in [-0.2, 0) is 172 Å². The van der Waals surface area contributed by atoms with Crippen molar-refractivity contribution in [3.63, 3.8) is 0 Å². The van der Waals surface area contributed by atoms with Gasteiger partial charge in [0.15, 0.2) is 17.3 Å². The van der Waals surface area contributed by atoms with E-state index in [0.29, 0.717) is 231 Å². The van der Waals surface area contributed by atoms with Crippen LogP contribution in [0.15, 0.2) is 182 Å². The summed E-state index contributed by atoms with van der Waals surface area (Å²) in [7, 11) is 4.96. The molecule has 0 saturated carbocycles. The number of hydrogen-bond acceptors (Lipinski definition) is 33. The van der Waals surface area contributed by atoms with Crippen LogP contribution in [0, 0.1) is 0 Å². The first-order chi connectivity index (χ1) is 70.0. The quantitative estimate of drug-likeness (QED) is 0.00916. The van der Waals surface area contributed by atoms with Crippen LogP contribution in [0.2, 0.25) is 0 Å². The van der Waals surface area contributed by atoms with Crippen molar-refractivity contribution in [2.45, 2.75) is 137 Å². The van der Waals surface area contributed by atoms with Crippen molar-refractivity contribution >= 4 is 72.4 Å². The molecule has 6 aromatic carbocycles. The second-order valence-electron chi connectivity index (χ2n) is 32.0. The number of hydrogen-bond donors (Lipinski definition) is 4. The minimum atomic E-state index is -3.40. The molecule has 0 aliphatic carbocycles. The second-order valence-corrected chi connectivity index (χ2v) is 36.1. The molecule has 6 aromatic rings. The van der Waals surface area contributed by atoms with Gasteiger partial charge < -0.3 is 119 Å². The monoisotopic (exact) mass is 2190 g/mol. The zero-order valence-corrected chi connectivity index (χ0v) is 93.7. The normalized spacial score (nSPS) is 12.7. The molecule has 44 heteroatoms. The van der Waals surface area contributed by atoms with Gasteiger partial charge in [-0.3, -0.25) is 33.3 Å². The van der Waals surface area contributed by atoms with Crippen LogP contribution in [-0.4, -0.2) is 401 Å². The van der Waals surface area contributed by atoms with Gasteiger partial charge in [0.2, 0.25) is 9.23 Å². The predicted octanol–water partition coefficient (Wildman–Crippen LogP) is 8.31. The van der Waals surface area contributed by atoms with Crippen LogP contribution >= 0.6 is 21.4 Å². The number of alkyl halides is 4. The van der Waals surface area contributed by atoms with Gasteiger partial charge >= 0.3 is 57.4 Å². The molecular weight excluding hydrogens is 2030 g/mol. The Hall–Kier alpha value is -5.14. The molecule has 0 amide bonds. The van der Waals surface area contributed by atoms with E-state index in [9.17, 15) is 41.5 Å². The summed E-state index contributed by atoms with van der Waals surface area (Å²) in [5, 5.41) is 24.8. The summed E-state index contributed by atoms with van der Waals surface area (Å²) >= 11 is 0. The van der Waals surface area contributed by atoms with Crippen LogP contribution in [0.25, 0.3) is 0 Å². The maximum Gasteiger partial charge on any atom is 1.00 e. The SMILES string of the molecule is CC(=O)COCCOCCOCCOCCOC(C)C(F)CN.CC(=O)COCCOCCOCCOCCOC(C)C(F)CN(Cc1ccccc1)Cc1ccccc1.CC(=O)COCCOCCOCCOCCOS(C)(=O)=O.CC(O)C(F)CN(Cc1ccccc1)Cc1ccccc1.CC(OCCOCCOCCOCCOCC(=O)O)C(F)CN(Cc1ccccc1)Cc1ccccc1.CO.O=S(Cl)Cl.[B-].[K+]. The van der Waals surface area contributed by atoms with E-state index in [1.54, 1.807) is 20.8 Å². The van der Waals surface area contributed by atoms with Gasteiger partial charge in [0, 0.05) is 93.9 Å². The smallest absolute Gasteiger partial charge is 1.00 e. The van der Waals surface area contributed by atoms with Crippen molar-refractivity contribution < 1.29 is 210 Å². The van der Waals surface area contributed by atoms with E-state index in [1.807, 2.05) is 138 Å².